The summed E-state index contributed by atoms with van der Waals surface area (Å²) in [7, 11) is 0. The minimum atomic E-state index is -0.753. The van der Waals surface area contributed by atoms with Crippen LogP contribution >= 0.6 is 11.6 Å². The molecule has 0 amide bonds. The molecule has 0 saturated heterocycles. The third-order valence-corrected chi connectivity index (χ3v) is 3.79. The van der Waals surface area contributed by atoms with Crippen molar-refractivity contribution in [1.82, 2.24) is 5.32 Å². The SMILES string of the molecule is CC(CCCC(C)C(=O)O)NCc1cccc(F)c1Cl. The van der Waals surface area contributed by atoms with Crippen molar-refractivity contribution in [2.24, 2.45) is 5.92 Å². The van der Waals surface area contributed by atoms with Crippen molar-refractivity contribution in [3.05, 3.63) is 34.6 Å². The van der Waals surface area contributed by atoms with E-state index in [2.05, 4.69) is 5.32 Å². The van der Waals surface area contributed by atoms with Gasteiger partial charge in [0.1, 0.15) is 5.82 Å². The van der Waals surface area contributed by atoms with E-state index < -0.39 is 11.8 Å². The van der Waals surface area contributed by atoms with Gasteiger partial charge in [0.15, 0.2) is 0 Å². The van der Waals surface area contributed by atoms with E-state index in [-0.39, 0.29) is 17.0 Å². The summed E-state index contributed by atoms with van der Waals surface area (Å²) in [6, 6.07) is 4.99. The van der Waals surface area contributed by atoms with Crippen molar-refractivity contribution in [3.8, 4) is 0 Å². The van der Waals surface area contributed by atoms with Crippen LogP contribution in [0.15, 0.2) is 18.2 Å². The second kappa shape index (κ2) is 8.22. The van der Waals surface area contributed by atoms with Gasteiger partial charge in [-0.15, -0.1) is 0 Å². The Labute approximate surface area is 124 Å². The number of benzene rings is 1. The zero-order chi connectivity index (χ0) is 15.1. The molecule has 5 heteroatoms. The predicted octanol–water partition coefficient (Wildman–Crippen LogP) is 3.85. The Hall–Kier alpha value is -1.13. The van der Waals surface area contributed by atoms with E-state index in [9.17, 15) is 9.18 Å². The van der Waals surface area contributed by atoms with Gasteiger partial charge in [0.05, 0.1) is 10.9 Å². The first kappa shape index (κ1) is 16.9. The standard InChI is InChI=1S/C15H21ClFNO2/c1-10(15(19)20)5-3-6-11(2)18-9-12-7-4-8-13(17)14(12)16/h4,7-8,10-11,18H,3,5-6,9H2,1-2H3,(H,19,20). The van der Waals surface area contributed by atoms with Crippen LogP contribution in [0.25, 0.3) is 0 Å². The predicted molar refractivity (Wildman–Crippen MR) is 78.4 cm³/mol. The van der Waals surface area contributed by atoms with E-state index in [1.54, 1.807) is 19.1 Å². The average molecular weight is 302 g/mol. The van der Waals surface area contributed by atoms with Crippen LogP contribution in [0.2, 0.25) is 5.02 Å². The minimum Gasteiger partial charge on any atom is -0.481 e. The van der Waals surface area contributed by atoms with Crippen LogP contribution < -0.4 is 5.32 Å². The van der Waals surface area contributed by atoms with Gasteiger partial charge in [0, 0.05) is 12.6 Å². The monoisotopic (exact) mass is 301 g/mol. The molecule has 0 heterocycles. The molecule has 0 aliphatic heterocycles. The van der Waals surface area contributed by atoms with Crippen LogP contribution in [0.5, 0.6) is 0 Å². The lowest BCUT2D eigenvalue weighted by atomic mass is 10.0. The third-order valence-electron chi connectivity index (χ3n) is 3.37. The van der Waals surface area contributed by atoms with E-state index in [1.165, 1.54) is 6.07 Å². The quantitative estimate of drug-likeness (QED) is 0.767. The van der Waals surface area contributed by atoms with Gasteiger partial charge < -0.3 is 10.4 Å². The third kappa shape index (κ3) is 5.47. The van der Waals surface area contributed by atoms with Crippen molar-refractivity contribution in [2.45, 2.75) is 45.7 Å². The molecule has 0 aromatic heterocycles. The fourth-order valence-corrected chi connectivity index (χ4v) is 2.12. The summed E-state index contributed by atoms with van der Waals surface area (Å²) >= 11 is 5.88. The molecule has 0 saturated carbocycles. The zero-order valence-electron chi connectivity index (χ0n) is 11.8. The normalized spacial score (nSPS) is 14.0. The minimum absolute atomic E-state index is 0.159. The van der Waals surface area contributed by atoms with Crippen LogP contribution in [0.3, 0.4) is 0 Å². The van der Waals surface area contributed by atoms with Crippen LogP contribution in [-0.4, -0.2) is 17.1 Å². The molecule has 0 aliphatic carbocycles. The zero-order valence-corrected chi connectivity index (χ0v) is 12.6. The van der Waals surface area contributed by atoms with Crippen LogP contribution in [0.1, 0.15) is 38.7 Å². The van der Waals surface area contributed by atoms with Gasteiger partial charge in [-0.3, -0.25) is 4.79 Å². The molecule has 0 aliphatic rings. The van der Waals surface area contributed by atoms with E-state index in [0.717, 1.165) is 18.4 Å². The van der Waals surface area contributed by atoms with Crippen molar-refractivity contribution < 1.29 is 14.3 Å². The summed E-state index contributed by atoms with van der Waals surface area (Å²) in [6.45, 7) is 4.25. The van der Waals surface area contributed by atoms with E-state index in [4.69, 9.17) is 16.7 Å². The van der Waals surface area contributed by atoms with E-state index in [0.29, 0.717) is 13.0 Å². The van der Waals surface area contributed by atoms with E-state index >= 15 is 0 Å². The first-order valence-corrected chi connectivity index (χ1v) is 7.18. The average Bonchev–Trinajstić information content (AvgIpc) is 2.40. The summed E-state index contributed by atoms with van der Waals surface area (Å²) < 4.78 is 13.3. The Kier molecular flexibility index (Phi) is 6.96. The first-order valence-electron chi connectivity index (χ1n) is 6.81. The number of halogens is 2. The van der Waals surface area contributed by atoms with Gasteiger partial charge in [0.25, 0.3) is 0 Å². The highest BCUT2D eigenvalue weighted by molar-refractivity contribution is 6.31. The van der Waals surface area contributed by atoms with Gasteiger partial charge in [-0.2, -0.15) is 0 Å². The van der Waals surface area contributed by atoms with Crippen molar-refractivity contribution in [1.29, 1.82) is 0 Å². The topological polar surface area (TPSA) is 49.3 Å². The van der Waals surface area contributed by atoms with Crippen LogP contribution in [0, 0.1) is 11.7 Å². The molecule has 1 rings (SSSR count). The number of carbonyl (C=O) groups is 1. The number of carboxylic acid groups (broad SMARTS) is 1. The highest BCUT2D eigenvalue weighted by Crippen LogP contribution is 2.19. The number of hydrogen-bond donors (Lipinski definition) is 2. The maximum absolute atomic E-state index is 13.3. The lowest BCUT2D eigenvalue weighted by Gasteiger charge is -2.15. The van der Waals surface area contributed by atoms with E-state index in [1.807, 2.05) is 6.92 Å². The van der Waals surface area contributed by atoms with Gasteiger partial charge >= 0.3 is 5.97 Å². The second-order valence-corrected chi connectivity index (χ2v) is 5.54. The Bertz CT molecular complexity index is 453. The van der Waals surface area contributed by atoms with Crippen LogP contribution in [0.4, 0.5) is 4.39 Å². The molecule has 1 aromatic carbocycles. The number of nitrogens with one attached hydrogen (secondary N) is 1. The molecule has 2 atom stereocenters. The molecule has 2 unspecified atom stereocenters. The molecule has 1 aromatic rings. The molecule has 2 N–H and O–H groups in total. The van der Waals surface area contributed by atoms with Gasteiger partial charge in [-0.1, -0.05) is 37.1 Å². The summed E-state index contributed by atoms with van der Waals surface area (Å²) in [6.07, 6.45) is 2.39. The highest BCUT2D eigenvalue weighted by Gasteiger charge is 2.11. The first-order chi connectivity index (χ1) is 9.41. The van der Waals surface area contributed by atoms with Crippen LogP contribution in [-0.2, 0) is 11.3 Å². The molecular formula is C15H21ClFNO2. The smallest absolute Gasteiger partial charge is 0.306 e. The summed E-state index contributed by atoms with van der Waals surface area (Å²) in [5.74, 6) is -1.47. The Balaban J connectivity index is 2.31. The summed E-state index contributed by atoms with van der Waals surface area (Å²) in [5.41, 5.74) is 0.734. The largest absolute Gasteiger partial charge is 0.481 e. The number of hydrogen-bond acceptors (Lipinski definition) is 2. The second-order valence-electron chi connectivity index (χ2n) is 5.17. The van der Waals surface area contributed by atoms with Crippen molar-refractivity contribution in [2.75, 3.05) is 0 Å². The van der Waals surface area contributed by atoms with Gasteiger partial charge in [0.2, 0.25) is 0 Å². The molecule has 0 fully saturated rings. The molecule has 20 heavy (non-hydrogen) atoms. The van der Waals surface area contributed by atoms with Crippen molar-refractivity contribution in [3.63, 3.8) is 0 Å². The van der Waals surface area contributed by atoms with Gasteiger partial charge in [-0.05, 0) is 31.4 Å². The fourth-order valence-electron chi connectivity index (χ4n) is 1.92. The molecule has 112 valence electrons. The number of rotatable bonds is 8. The lowest BCUT2D eigenvalue weighted by Crippen LogP contribution is -2.26. The summed E-state index contributed by atoms with van der Waals surface area (Å²) in [5, 5.41) is 12.2. The Morgan fingerprint density at radius 1 is 1.40 bits per heavy atom. The molecule has 3 nitrogen and oxygen atoms in total. The van der Waals surface area contributed by atoms with Gasteiger partial charge in [-0.25, -0.2) is 4.39 Å². The molecule has 0 radical (unpaired) electrons. The molecule has 0 spiro atoms. The number of carboxylic acids is 1. The Morgan fingerprint density at radius 3 is 2.75 bits per heavy atom. The summed E-state index contributed by atoms with van der Waals surface area (Å²) in [4.78, 5) is 10.7. The fraction of sp³-hybridized carbons (Fsp3) is 0.533. The maximum Gasteiger partial charge on any atom is 0.306 e. The maximum atomic E-state index is 13.3. The number of aliphatic carboxylic acids is 1. The van der Waals surface area contributed by atoms with Crippen molar-refractivity contribution >= 4 is 17.6 Å². The Morgan fingerprint density at radius 2 is 2.10 bits per heavy atom. The molecule has 0 bridgehead atoms. The highest BCUT2D eigenvalue weighted by atomic mass is 35.5. The lowest BCUT2D eigenvalue weighted by molar-refractivity contribution is -0.141. The molecular weight excluding hydrogens is 281 g/mol.